The molecule has 2 heterocycles. The van der Waals surface area contributed by atoms with E-state index >= 15 is 0 Å². The van der Waals surface area contributed by atoms with Gasteiger partial charge in [-0.25, -0.2) is 8.78 Å². The Balaban J connectivity index is 1.60. The van der Waals surface area contributed by atoms with E-state index in [1.165, 1.54) is 12.1 Å². The fraction of sp³-hybridized carbons (Fsp3) is 0.619. The summed E-state index contributed by atoms with van der Waals surface area (Å²) in [5, 5.41) is 0. The first-order valence-electron chi connectivity index (χ1n) is 9.97. The quantitative estimate of drug-likeness (QED) is 0.773. The number of carbonyl (C=O) groups is 2. The van der Waals surface area contributed by atoms with Gasteiger partial charge < -0.3 is 14.7 Å². The zero-order valence-electron chi connectivity index (χ0n) is 16.7. The van der Waals surface area contributed by atoms with Gasteiger partial charge in [0, 0.05) is 32.6 Å². The molecule has 0 radical (unpaired) electrons. The number of hydrogen-bond acceptors (Lipinski definition) is 3. The molecule has 2 amide bonds. The number of amides is 2. The maximum Gasteiger partial charge on any atom is 0.256 e. The van der Waals surface area contributed by atoms with Gasteiger partial charge in [-0.15, -0.1) is 0 Å². The molecule has 154 valence electrons. The van der Waals surface area contributed by atoms with Crippen LogP contribution in [-0.4, -0.2) is 73.3 Å². The van der Waals surface area contributed by atoms with Crippen molar-refractivity contribution in [2.24, 2.45) is 5.41 Å². The van der Waals surface area contributed by atoms with Crippen molar-refractivity contribution >= 4 is 11.8 Å². The lowest BCUT2D eigenvalue weighted by Gasteiger charge is -2.47. The number of piperidine rings is 2. The molecule has 28 heavy (non-hydrogen) atoms. The molecule has 5 nitrogen and oxygen atoms in total. The minimum absolute atomic E-state index is 0.0310. The van der Waals surface area contributed by atoms with Gasteiger partial charge >= 0.3 is 0 Å². The second-order valence-electron chi connectivity index (χ2n) is 8.37. The molecule has 0 bridgehead atoms. The summed E-state index contributed by atoms with van der Waals surface area (Å²) in [5.74, 6) is -2.33. The van der Waals surface area contributed by atoms with Crippen LogP contribution < -0.4 is 0 Å². The Morgan fingerprint density at radius 1 is 1.18 bits per heavy atom. The van der Waals surface area contributed by atoms with E-state index in [0.717, 1.165) is 51.4 Å². The van der Waals surface area contributed by atoms with Crippen LogP contribution in [0.4, 0.5) is 8.78 Å². The fourth-order valence-corrected chi connectivity index (χ4v) is 4.32. The largest absolute Gasteiger partial charge is 0.342 e. The Hall–Kier alpha value is -2.02. The topological polar surface area (TPSA) is 43.9 Å². The number of halogens is 2. The van der Waals surface area contributed by atoms with Gasteiger partial charge in [0.2, 0.25) is 5.91 Å². The summed E-state index contributed by atoms with van der Waals surface area (Å²) in [5.41, 5.74) is -0.177. The zero-order valence-corrected chi connectivity index (χ0v) is 16.7. The number of benzene rings is 1. The summed E-state index contributed by atoms with van der Waals surface area (Å²) in [6.45, 7) is 3.45. The van der Waals surface area contributed by atoms with Gasteiger partial charge in [0.05, 0.1) is 5.56 Å². The molecule has 0 aliphatic carbocycles. The molecule has 2 aliphatic heterocycles. The number of hydrogen-bond donors (Lipinski definition) is 0. The third kappa shape index (κ3) is 4.51. The highest BCUT2D eigenvalue weighted by Gasteiger charge is 2.41. The first-order valence-corrected chi connectivity index (χ1v) is 9.97. The molecule has 7 heteroatoms. The van der Waals surface area contributed by atoms with Gasteiger partial charge in [0.1, 0.15) is 0 Å². The van der Waals surface area contributed by atoms with Crippen LogP contribution in [0.5, 0.6) is 0 Å². The van der Waals surface area contributed by atoms with Crippen LogP contribution in [0.25, 0.3) is 0 Å². The van der Waals surface area contributed by atoms with Crippen molar-refractivity contribution in [2.45, 2.75) is 32.1 Å². The van der Waals surface area contributed by atoms with Crippen LogP contribution in [0.3, 0.4) is 0 Å². The Bertz CT molecular complexity index is 730. The molecule has 3 rings (SSSR count). The molecule has 2 fully saturated rings. The summed E-state index contributed by atoms with van der Waals surface area (Å²) >= 11 is 0. The Morgan fingerprint density at radius 2 is 1.89 bits per heavy atom. The minimum Gasteiger partial charge on any atom is -0.342 e. The van der Waals surface area contributed by atoms with E-state index in [2.05, 4.69) is 4.90 Å². The SMILES string of the molecule is CN(C)CCCN1CC2(CCC1=O)CCN(C(=O)c1cccc(F)c1F)CC2. The lowest BCUT2D eigenvalue weighted by atomic mass is 9.72. The average Bonchev–Trinajstić information content (AvgIpc) is 2.67. The molecular formula is C21H29F2N3O2. The highest BCUT2D eigenvalue weighted by atomic mass is 19.2. The first kappa shape index (κ1) is 20.7. The van der Waals surface area contributed by atoms with Crippen LogP contribution in [0.15, 0.2) is 18.2 Å². The van der Waals surface area contributed by atoms with Crippen LogP contribution in [-0.2, 0) is 4.79 Å². The summed E-state index contributed by atoms with van der Waals surface area (Å²) in [7, 11) is 4.04. The van der Waals surface area contributed by atoms with Crippen molar-refractivity contribution in [1.82, 2.24) is 14.7 Å². The van der Waals surface area contributed by atoms with Crippen molar-refractivity contribution < 1.29 is 18.4 Å². The minimum atomic E-state index is -1.08. The molecular weight excluding hydrogens is 364 g/mol. The molecule has 2 aliphatic rings. The van der Waals surface area contributed by atoms with E-state index in [0.29, 0.717) is 19.5 Å². The lowest BCUT2D eigenvalue weighted by molar-refractivity contribution is -0.139. The Labute approximate surface area is 165 Å². The second kappa shape index (κ2) is 8.55. The maximum atomic E-state index is 14.0. The van der Waals surface area contributed by atoms with Gasteiger partial charge in [-0.05, 0) is 63.9 Å². The second-order valence-corrected chi connectivity index (χ2v) is 8.37. The molecule has 0 aromatic heterocycles. The molecule has 1 aromatic rings. The average molecular weight is 393 g/mol. The van der Waals surface area contributed by atoms with E-state index < -0.39 is 17.5 Å². The Morgan fingerprint density at radius 3 is 2.57 bits per heavy atom. The maximum absolute atomic E-state index is 14.0. The fourth-order valence-electron chi connectivity index (χ4n) is 4.32. The van der Waals surface area contributed by atoms with Crippen LogP contribution in [0.2, 0.25) is 0 Å². The summed E-state index contributed by atoms with van der Waals surface area (Å²) < 4.78 is 27.4. The molecule has 0 N–H and O–H groups in total. The third-order valence-corrected chi connectivity index (χ3v) is 6.07. The predicted octanol–water partition coefficient (Wildman–Crippen LogP) is 2.76. The summed E-state index contributed by atoms with van der Waals surface area (Å²) in [6.07, 6.45) is 3.90. The van der Waals surface area contributed by atoms with Crippen molar-refractivity contribution in [3.63, 3.8) is 0 Å². The van der Waals surface area contributed by atoms with Crippen molar-refractivity contribution in [2.75, 3.05) is 46.8 Å². The molecule has 1 spiro atoms. The van der Waals surface area contributed by atoms with Crippen molar-refractivity contribution in [3.05, 3.63) is 35.4 Å². The van der Waals surface area contributed by atoms with Gasteiger partial charge in [0.25, 0.3) is 5.91 Å². The van der Waals surface area contributed by atoms with Crippen molar-refractivity contribution in [3.8, 4) is 0 Å². The van der Waals surface area contributed by atoms with Crippen LogP contribution in [0.1, 0.15) is 42.5 Å². The third-order valence-electron chi connectivity index (χ3n) is 6.07. The highest BCUT2D eigenvalue weighted by Crippen LogP contribution is 2.40. The predicted molar refractivity (Wildman–Crippen MR) is 103 cm³/mol. The van der Waals surface area contributed by atoms with E-state index in [-0.39, 0.29) is 16.9 Å². The van der Waals surface area contributed by atoms with Crippen LogP contribution >= 0.6 is 0 Å². The lowest BCUT2D eigenvalue weighted by Crippen LogP contribution is -2.52. The first-order chi connectivity index (χ1) is 13.3. The molecule has 0 unspecified atom stereocenters. The molecule has 2 saturated heterocycles. The van der Waals surface area contributed by atoms with Gasteiger partial charge in [-0.1, -0.05) is 6.07 Å². The van der Waals surface area contributed by atoms with Crippen LogP contribution in [0, 0.1) is 17.0 Å². The molecule has 0 atom stereocenters. The summed E-state index contributed by atoms with van der Waals surface area (Å²) in [6, 6.07) is 3.70. The molecule has 1 aromatic carbocycles. The normalized spacial score (nSPS) is 19.5. The highest BCUT2D eigenvalue weighted by molar-refractivity contribution is 5.94. The number of carbonyl (C=O) groups excluding carboxylic acids is 2. The van der Waals surface area contributed by atoms with E-state index in [1.54, 1.807) is 4.90 Å². The standard InChI is InChI=1S/C21H29F2N3O2/c1-24(2)11-4-12-26-15-21(8-7-18(26)27)9-13-25(14-10-21)20(28)16-5-3-6-17(22)19(16)23/h3,5-6H,4,7-15H2,1-2H3. The monoisotopic (exact) mass is 393 g/mol. The zero-order chi connectivity index (χ0) is 20.3. The number of rotatable bonds is 5. The smallest absolute Gasteiger partial charge is 0.256 e. The Kier molecular flexibility index (Phi) is 6.33. The summed E-state index contributed by atoms with van der Waals surface area (Å²) in [4.78, 5) is 30.6. The van der Waals surface area contributed by atoms with Gasteiger partial charge in [0.15, 0.2) is 11.6 Å². The van der Waals surface area contributed by atoms with Gasteiger partial charge in [-0.3, -0.25) is 9.59 Å². The number of likely N-dealkylation sites (tertiary alicyclic amines) is 2. The van der Waals surface area contributed by atoms with Crippen molar-refractivity contribution in [1.29, 1.82) is 0 Å². The molecule has 0 saturated carbocycles. The number of nitrogens with zero attached hydrogens (tertiary/aromatic N) is 3. The van der Waals surface area contributed by atoms with E-state index in [9.17, 15) is 18.4 Å². The van der Waals surface area contributed by atoms with E-state index in [1.807, 2.05) is 19.0 Å². The van der Waals surface area contributed by atoms with Gasteiger partial charge in [-0.2, -0.15) is 0 Å². The van der Waals surface area contributed by atoms with E-state index in [4.69, 9.17) is 0 Å².